The zero-order valence-corrected chi connectivity index (χ0v) is 12.3. The van der Waals surface area contributed by atoms with Gasteiger partial charge in [0.25, 0.3) is 10.2 Å². The molecule has 108 valence electrons. The highest BCUT2D eigenvalue weighted by Gasteiger charge is 2.22. The molecule has 2 rings (SSSR count). The predicted octanol–water partition coefficient (Wildman–Crippen LogP) is 1.44. The van der Waals surface area contributed by atoms with Gasteiger partial charge in [0.15, 0.2) is 0 Å². The maximum Gasteiger partial charge on any atom is 0.280 e. The Kier molecular flexibility index (Phi) is 4.53. The molecule has 0 bridgehead atoms. The average Bonchev–Trinajstić information content (AvgIpc) is 2.93. The van der Waals surface area contributed by atoms with Crippen molar-refractivity contribution in [2.45, 2.75) is 19.5 Å². The van der Waals surface area contributed by atoms with Gasteiger partial charge in [0.1, 0.15) is 5.82 Å². The second-order valence-electron chi connectivity index (χ2n) is 4.56. The van der Waals surface area contributed by atoms with Gasteiger partial charge in [0.2, 0.25) is 0 Å². The Labute approximate surface area is 119 Å². The third-order valence-corrected chi connectivity index (χ3v) is 4.51. The summed E-state index contributed by atoms with van der Waals surface area (Å²) in [6.07, 6.45) is 3.25. The van der Waals surface area contributed by atoms with E-state index in [4.69, 9.17) is 0 Å². The molecule has 2 N–H and O–H groups in total. The molecule has 0 spiro atoms. The van der Waals surface area contributed by atoms with Gasteiger partial charge in [-0.3, -0.25) is 0 Å². The number of aromatic nitrogens is 2. The van der Waals surface area contributed by atoms with Gasteiger partial charge in [-0.2, -0.15) is 17.4 Å². The fourth-order valence-corrected chi connectivity index (χ4v) is 2.87. The molecule has 1 heterocycles. The van der Waals surface area contributed by atoms with E-state index in [-0.39, 0.29) is 0 Å². The van der Waals surface area contributed by atoms with Crippen LogP contribution in [0, 0.1) is 0 Å². The van der Waals surface area contributed by atoms with Crippen molar-refractivity contribution in [2.24, 2.45) is 0 Å². The highest BCUT2D eigenvalue weighted by atomic mass is 32.2. The number of imidazole rings is 1. The molecule has 0 saturated heterocycles. The topological polar surface area (TPSA) is 78.1 Å². The van der Waals surface area contributed by atoms with Gasteiger partial charge >= 0.3 is 0 Å². The molecule has 0 aliphatic rings. The van der Waals surface area contributed by atoms with E-state index >= 15 is 0 Å². The molecule has 0 aliphatic carbocycles. The molecular formula is C13H18N4O2S. The van der Waals surface area contributed by atoms with Crippen LogP contribution in [0.5, 0.6) is 0 Å². The van der Waals surface area contributed by atoms with E-state index in [1.54, 1.807) is 26.4 Å². The van der Waals surface area contributed by atoms with Crippen molar-refractivity contribution < 1.29 is 8.42 Å². The van der Waals surface area contributed by atoms with Crippen LogP contribution < -0.4 is 4.72 Å². The van der Waals surface area contributed by atoms with Gasteiger partial charge in [-0.15, -0.1) is 0 Å². The second-order valence-corrected chi connectivity index (χ2v) is 6.37. The summed E-state index contributed by atoms with van der Waals surface area (Å²) >= 11 is 0. The summed E-state index contributed by atoms with van der Waals surface area (Å²) in [6, 6.07) is 9.04. The summed E-state index contributed by atoms with van der Waals surface area (Å²) in [5.41, 5.74) is 0.936. The number of benzene rings is 1. The van der Waals surface area contributed by atoms with E-state index < -0.39 is 16.3 Å². The summed E-state index contributed by atoms with van der Waals surface area (Å²) in [5.74, 6) is 0.585. The largest absolute Gasteiger partial charge is 0.347 e. The molecule has 1 unspecified atom stereocenters. The molecule has 0 saturated carbocycles. The number of H-pyrrole nitrogens is 1. The average molecular weight is 294 g/mol. The molecule has 2 aromatic rings. The molecule has 7 heteroatoms. The normalized spacial score (nSPS) is 13.6. The van der Waals surface area contributed by atoms with Crippen LogP contribution >= 0.6 is 0 Å². The molecule has 0 aliphatic heterocycles. The third kappa shape index (κ3) is 3.66. The highest BCUT2D eigenvalue weighted by molar-refractivity contribution is 7.87. The van der Waals surface area contributed by atoms with E-state index in [0.717, 1.165) is 5.56 Å². The van der Waals surface area contributed by atoms with Gasteiger partial charge in [-0.05, 0) is 12.5 Å². The Morgan fingerprint density at radius 2 is 2.05 bits per heavy atom. The van der Waals surface area contributed by atoms with Crippen molar-refractivity contribution in [3.63, 3.8) is 0 Å². The number of nitrogens with one attached hydrogen (secondary N) is 2. The molecular weight excluding hydrogens is 276 g/mol. The Hall–Kier alpha value is -1.70. The molecule has 1 aromatic carbocycles. The van der Waals surface area contributed by atoms with Gasteiger partial charge in [-0.25, -0.2) is 4.98 Å². The number of hydrogen-bond acceptors (Lipinski definition) is 3. The van der Waals surface area contributed by atoms with Crippen LogP contribution in [0.15, 0.2) is 42.7 Å². The number of nitrogens with zero attached hydrogens (tertiary/aromatic N) is 2. The second kappa shape index (κ2) is 6.17. The molecule has 0 fully saturated rings. The molecule has 1 aromatic heterocycles. The smallest absolute Gasteiger partial charge is 0.280 e. The summed E-state index contributed by atoms with van der Waals surface area (Å²) in [7, 11) is -2.01. The molecule has 6 nitrogen and oxygen atoms in total. The van der Waals surface area contributed by atoms with E-state index in [1.807, 2.05) is 30.3 Å². The first-order valence-corrected chi connectivity index (χ1v) is 7.70. The maximum atomic E-state index is 12.2. The number of rotatable bonds is 6. The SMILES string of the molecule is CC(NS(=O)(=O)N(C)Cc1ccccc1)c1ncc[nH]1. The Morgan fingerprint density at radius 3 is 2.65 bits per heavy atom. The first-order chi connectivity index (χ1) is 9.49. The van der Waals surface area contributed by atoms with Crippen molar-refractivity contribution >= 4 is 10.2 Å². The fourth-order valence-electron chi connectivity index (χ4n) is 1.81. The first-order valence-electron chi connectivity index (χ1n) is 6.26. The van der Waals surface area contributed by atoms with Crippen LogP contribution in [-0.2, 0) is 16.8 Å². The number of hydrogen-bond donors (Lipinski definition) is 2. The van der Waals surface area contributed by atoms with Crippen molar-refractivity contribution in [1.82, 2.24) is 19.0 Å². The summed E-state index contributed by atoms with van der Waals surface area (Å²) in [4.78, 5) is 6.93. The monoisotopic (exact) mass is 294 g/mol. The van der Waals surface area contributed by atoms with Gasteiger partial charge < -0.3 is 4.98 Å². The Morgan fingerprint density at radius 1 is 1.35 bits per heavy atom. The lowest BCUT2D eigenvalue weighted by molar-refractivity contribution is 0.445. The van der Waals surface area contributed by atoms with Crippen LogP contribution in [0.4, 0.5) is 0 Å². The minimum Gasteiger partial charge on any atom is -0.347 e. The van der Waals surface area contributed by atoms with Crippen LogP contribution in [0.25, 0.3) is 0 Å². The van der Waals surface area contributed by atoms with Crippen molar-refractivity contribution in [1.29, 1.82) is 0 Å². The summed E-state index contributed by atoms with van der Waals surface area (Å²) in [5, 5.41) is 0. The van der Waals surface area contributed by atoms with Crippen LogP contribution in [0.3, 0.4) is 0 Å². The minimum absolute atomic E-state index is 0.320. The number of aromatic amines is 1. The lowest BCUT2D eigenvalue weighted by atomic mass is 10.2. The quantitative estimate of drug-likeness (QED) is 0.846. The summed E-state index contributed by atoms with van der Waals surface area (Å²) in [6.45, 7) is 2.06. The lowest BCUT2D eigenvalue weighted by Gasteiger charge is -2.20. The molecule has 0 radical (unpaired) electrons. The maximum absolute atomic E-state index is 12.2. The molecule has 1 atom stereocenters. The molecule has 0 amide bonds. The van der Waals surface area contributed by atoms with E-state index in [2.05, 4.69) is 14.7 Å². The van der Waals surface area contributed by atoms with E-state index in [9.17, 15) is 8.42 Å². The van der Waals surface area contributed by atoms with Crippen molar-refractivity contribution in [3.8, 4) is 0 Å². The van der Waals surface area contributed by atoms with E-state index in [1.165, 1.54) is 4.31 Å². The van der Waals surface area contributed by atoms with Gasteiger partial charge in [0, 0.05) is 26.0 Å². The van der Waals surface area contributed by atoms with Gasteiger partial charge in [-0.1, -0.05) is 30.3 Å². The van der Waals surface area contributed by atoms with Crippen LogP contribution in [0.2, 0.25) is 0 Å². The Balaban J connectivity index is 2.02. The van der Waals surface area contributed by atoms with Crippen LogP contribution in [0.1, 0.15) is 24.4 Å². The van der Waals surface area contributed by atoms with Gasteiger partial charge in [0.05, 0.1) is 6.04 Å². The first kappa shape index (κ1) is 14.7. The predicted molar refractivity (Wildman–Crippen MR) is 77.0 cm³/mol. The zero-order valence-electron chi connectivity index (χ0n) is 11.4. The third-order valence-electron chi connectivity index (χ3n) is 2.91. The minimum atomic E-state index is -3.56. The van der Waals surface area contributed by atoms with E-state index in [0.29, 0.717) is 12.4 Å². The summed E-state index contributed by atoms with van der Waals surface area (Å²) < 4.78 is 28.3. The zero-order chi connectivity index (χ0) is 14.6. The highest BCUT2D eigenvalue weighted by Crippen LogP contribution is 2.11. The fraction of sp³-hybridized carbons (Fsp3) is 0.308. The van der Waals surface area contributed by atoms with Crippen LogP contribution in [-0.4, -0.2) is 29.7 Å². The molecule has 20 heavy (non-hydrogen) atoms. The lowest BCUT2D eigenvalue weighted by Crippen LogP contribution is -2.39. The van der Waals surface area contributed by atoms with Crippen molar-refractivity contribution in [2.75, 3.05) is 7.05 Å². The standard InChI is InChI=1S/C13H18N4O2S/c1-11(13-14-8-9-15-13)16-20(18,19)17(2)10-12-6-4-3-5-7-12/h3-9,11,16H,10H2,1-2H3,(H,14,15). The Bertz CT molecular complexity index is 626. The van der Waals surface area contributed by atoms with Crippen molar-refractivity contribution in [3.05, 3.63) is 54.1 Å².